The van der Waals surface area contributed by atoms with Gasteiger partial charge in [0.25, 0.3) is 0 Å². The quantitative estimate of drug-likeness (QED) is 0.324. The number of nitrogens with one attached hydrogen (secondary N) is 1. The number of esters is 1. The first-order valence-electron chi connectivity index (χ1n) is 10.8. The van der Waals surface area contributed by atoms with Crippen LogP contribution in [0.25, 0.3) is 28.6 Å². The third kappa shape index (κ3) is 3.76. The van der Waals surface area contributed by atoms with E-state index < -0.39 is 5.97 Å². The summed E-state index contributed by atoms with van der Waals surface area (Å²) in [7, 11) is 0. The Morgan fingerprint density at radius 1 is 1.24 bits per heavy atom. The highest BCUT2D eigenvalue weighted by Crippen LogP contribution is 2.30. The number of aromatic nitrogens is 3. The summed E-state index contributed by atoms with van der Waals surface area (Å²) in [4.78, 5) is 19.7. The van der Waals surface area contributed by atoms with E-state index >= 15 is 0 Å². The fourth-order valence-electron chi connectivity index (χ4n) is 3.93. The van der Waals surface area contributed by atoms with Crippen LogP contribution >= 0.6 is 0 Å². The molecular formula is C26H23N5O3. The summed E-state index contributed by atoms with van der Waals surface area (Å²) in [6.07, 6.45) is 1.75. The van der Waals surface area contributed by atoms with Gasteiger partial charge in [-0.3, -0.25) is 4.57 Å². The first-order chi connectivity index (χ1) is 16.3. The molecule has 170 valence electrons. The third-order valence-electron chi connectivity index (χ3n) is 5.82. The van der Waals surface area contributed by atoms with Crippen LogP contribution in [-0.4, -0.2) is 27.1 Å². The minimum atomic E-state index is -0.413. The van der Waals surface area contributed by atoms with Crippen molar-refractivity contribution in [2.75, 3.05) is 6.61 Å². The zero-order chi connectivity index (χ0) is 24.6. The number of ether oxygens (including phenoxy) is 1. The van der Waals surface area contributed by atoms with Crippen molar-refractivity contribution in [3.05, 3.63) is 69.5 Å². The Kier molecular flexibility index (Phi) is 5.83. The number of carbonyl (C=O) groups is 1. The van der Waals surface area contributed by atoms with E-state index in [4.69, 9.17) is 9.15 Å². The van der Waals surface area contributed by atoms with E-state index in [0.29, 0.717) is 45.2 Å². The van der Waals surface area contributed by atoms with Gasteiger partial charge in [-0.05, 0) is 70.5 Å². The Hall–Kier alpha value is -4.56. The molecule has 4 aromatic rings. The van der Waals surface area contributed by atoms with Gasteiger partial charge in [-0.25, -0.2) is 9.78 Å². The molecule has 0 spiro atoms. The number of rotatable bonds is 5. The van der Waals surface area contributed by atoms with Crippen molar-refractivity contribution in [1.29, 1.82) is 10.5 Å². The minimum Gasteiger partial charge on any atom is -0.462 e. The molecule has 1 aromatic carbocycles. The van der Waals surface area contributed by atoms with Crippen molar-refractivity contribution in [3.8, 4) is 18.0 Å². The Labute approximate surface area is 196 Å². The Morgan fingerprint density at radius 3 is 2.68 bits per heavy atom. The van der Waals surface area contributed by atoms with E-state index in [1.165, 1.54) is 0 Å². The average Bonchev–Trinajstić information content (AvgIpc) is 3.44. The summed E-state index contributed by atoms with van der Waals surface area (Å²) in [5.74, 6) is 1.15. The van der Waals surface area contributed by atoms with Crippen LogP contribution in [-0.2, 0) is 4.74 Å². The number of H-pyrrole nitrogens is 1. The summed E-state index contributed by atoms with van der Waals surface area (Å²) in [5, 5.41) is 19.5. The zero-order valence-electron chi connectivity index (χ0n) is 19.6. The molecule has 0 unspecified atom stereocenters. The summed E-state index contributed by atoms with van der Waals surface area (Å²) < 4.78 is 12.8. The van der Waals surface area contributed by atoms with E-state index in [9.17, 15) is 15.3 Å². The van der Waals surface area contributed by atoms with E-state index in [2.05, 4.69) is 22.1 Å². The molecule has 1 N–H and O–H groups in total. The number of carbonyl (C=O) groups excluding carboxylic acids is 1. The fourth-order valence-corrected chi connectivity index (χ4v) is 3.93. The Bertz CT molecular complexity index is 1550. The molecule has 0 saturated heterocycles. The molecule has 0 bridgehead atoms. The molecule has 0 amide bonds. The number of nitrogens with zero attached hydrogens (tertiary/aromatic N) is 4. The summed E-state index contributed by atoms with van der Waals surface area (Å²) in [6, 6.07) is 11.4. The van der Waals surface area contributed by atoms with Crippen LogP contribution in [0, 0.1) is 50.4 Å². The minimum absolute atomic E-state index is 0.290. The van der Waals surface area contributed by atoms with Crippen LogP contribution in [0.1, 0.15) is 56.9 Å². The maximum absolute atomic E-state index is 12.0. The molecular weight excluding hydrogens is 430 g/mol. The summed E-state index contributed by atoms with van der Waals surface area (Å²) in [6.45, 7) is 9.56. The van der Waals surface area contributed by atoms with E-state index in [-0.39, 0.29) is 6.61 Å². The van der Waals surface area contributed by atoms with Gasteiger partial charge in [0.15, 0.2) is 0 Å². The van der Waals surface area contributed by atoms with Gasteiger partial charge in [0, 0.05) is 17.0 Å². The number of hydrogen-bond acceptors (Lipinski definition) is 6. The van der Waals surface area contributed by atoms with Gasteiger partial charge in [0.2, 0.25) is 5.88 Å². The van der Waals surface area contributed by atoms with Gasteiger partial charge in [0.1, 0.15) is 29.3 Å². The highest BCUT2D eigenvalue weighted by atomic mass is 16.5. The van der Waals surface area contributed by atoms with Gasteiger partial charge >= 0.3 is 5.97 Å². The number of benzene rings is 1. The van der Waals surface area contributed by atoms with E-state index in [1.54, 1.807) is 31.2 Å². The molecule has 8 heteroatoms. The van der Waals surface area contributed by atoms with Crippen LogP contribution < -0.4 is 0 Å². The molecule has 0 aliphatic rings. The van der Waals surface area contributed by atoms with Crippen LogP contribution in [0.3, 0.4) is 0 Å². The van der Waals surface area contributed by atoms with E-state index in [1.807, 2.05) is 38.3 Å². The molecule has 8 nitrogen and oxygen atoms in total. The monoisotopic (exact) mass is 453 g/mol. The molecule has 0 fully saturated rings. The highest BCUT2D eigenvalue weighted by Gasteiger charge is 2.21. The van der Waals surface area contributed by atoms with Crippen molar-refractivity contribution in [3.63, 3.8) is 0 Å². The van der Waals surface area contributed by atoms with Crippen LogP contribution in [0.4, 0.5) is 0 Å². The molecule has 0 saturated carbocycles. The van der Waals surface area contributed by atoms with Gasteiger partial charge in [0.05, 0.1) is 28.8 Å². The fraction of sp³-hybridized carbons (Fsp3) is 0.231. The lowest BCUT2D eigenvalue weighted by Crippen LogP contribution is -2.04. The predicted molar refractivity (Wildman–Crippen MR) is 127 cm³/mol. The molecule has 34 heavy (non-hydrogen) atoms. The Morgan fingerprint density at radius 2 is 2.00 bits per heavy atom. The second kappa shape index (κ2) is 8.76. The normalized spacial score (nSPS) is 11.4. The first-order valence-corrected chi connectivity index (χ1v) is 10.8. The van der Waals surface area contributed by atoms with Crippen molar-refractivity contribution in [1.82, 2.24) is 14.5 Å². The van der Waals surface area contributed by atoms with Gasteiger partial charge in [-0.2, -0.15) is 10.5 Å². The smallest absolute Gasteiger partial charge is 0.338 e. The second-order valence-electron chi connectivity index (χ2n) is 7.94. The van der Waals surface area contributed by atoms with Crippen LogP contribution in [0.15, 0.2) is 28.7 Å². The van der Waals surface area contributed by atoms with E-state index in [0.717, 1.165) is 22.5 Å². The predicted octanol–water partition coefficient (Wildman–Crippen LogP) is 5.29. The topological polar surface area (TPSA) is 121 Å². The molecule has 3 aromatic heterocycles. The highest BCUT2D eigenvalue weighted by molar-refractivity contribution is 5.95. The largest absolute Gasteiger partial charge is 0.462 e. The van der Waals surface area contributed by atoms with Gasteiger partial charge in [-0.15, -0.1) is 0 Å². The lowest BCUT2D eigenvalue weighted by atomic mass is 10.1. The third-order valence-corrected chi connectivity index (χ3v) is 5.82. The van der Waals surface area contributed by atoms with Gasteiger partial charge in [-0.1, -0.05) is 0 Å². The van der Waals surface area contributed by atoms with Crippen molar-refractivity contribution in [2.45, 2.75) is 34.6 Å². The SMILES string of the molecule is CCOC(=O)c1ccc2nc(C(C#N)=Cc3cc(C)n(-c4oc(C)c(C)c4C#N)c3C)[nH]c2c1. The zero-order valence-corrected chi connectivity index (χ0v) is 19.6. The first kappa shape index (κ1) is 22.6. The summed E-state index contributed by atoms with van der Waals surface area (Å²) >= 11 is 0. The maximum atomic E-state index is 12.0. The molecule has 0 aliphatic heterocycles. The van der Waals surface area contributed by atoms with Crippen molar-refractivity contribution >= 4 is 28.7 Å². The standard InChI is InChI=1S/C26H23N5O3/c1-6-33-26(32)18-7-8-22-23(11-18)30-24(29-22)20(12-27)10-19-9-14(2)31(16(19)4)25-21(13-28)15(3)17(5)34-25/h7-11H,6H2,1-5H3,(H,29,30). The van der Waals surface area contributed by atoms with Crippen molar-refractivity contribution < 1.29 is 13.9 Å². The summed E-state index contributed by atoms with van der Waals surface area (Å²) in [5.41, 5.74) is 5.81. The molecule has 0 atom stereocenters. The van der Waals surface area contributed by atoms with Crippen LogP contribution in [0.2, 0.25) is 0 Å². The molecule has 3 heterocycles. The number of hydrogen-bond donors (Lipinski definition) is 1. The number of aryl methyl sites for hydroxylation is 2. The number of furan rings is 1. The number of imidazole rings is 1. The average molecular weight is 454 g/mol. The maximum Gasteiger partial charge on any atom is 0.338 e. The number of fused-ring (bicyclic) bond motifs is 1. The lowest BCUT2D eigenvalue weighted by molar-refractivity contribution is 0.0526. The molecule has 0 radical (unpaired) electrons. The number of nitriles is 2. The molecule has 0 aliphatic carbocycles. The lowest BCUT2D eigenvalue weighted by Gasteiger charge is -2.06. The van der Waals surface area contributed by atoms with Crippen molar-refractivity contribution in [2.24, 2.45) is 0 Å². The van der Waals surface area contributed by atoms with Crippen LogP contribution in [0.5, 0.6) is 0 Å². The van der Waals surface area contributed by atoms with Gasteiger partial charge < -0.3 is 14.1 Å². The second-order valence-corrected chi connectivity index (χ2v) is 7.94. The Balaban J connectivity index is 1.77. The molecule has 4 rings (SSSR count). The number of allylic oxidation sites excluding steroid dienone is 1. The number of aromatic amines is 1.